The molecule has 2 aromatic carbocycles. The Hall–Kier alpha value is -2.82. The molecule has 0 aliphatic rings. The van der Waals surface area contributed by atoms with Crippen LogP contribution in [0.2, 0.25) is 0 Å². The molecule has 0 bridgehead atoms. The van der Waals surface area contributed by atoms with Gasteiger partial charge in [0.15, 0.2) is 0 Å². The fourth-order valence-electron chi connectivity index (χ4n) is 2.42. The van der Waals surface area contributed by atoms with Gasteiger partial charge in [-0.1, -0.05) is 30.3 Å². The van der Waals surface area contributed by atoms with Crippen LogP contribution in [-0.4, -0.2) is 36.4 Å². The van der Waals surface area contributed by atoms with Crippen LogP contribution in [-0.2, 0) is 11.3 Å². The Morgan fingerprint density at radius 1 is 1.00 bits per heavy atom. The molecule has 0 heterocycles. The van der Waals surface area contributed by atoms with Gasteiger partial charge in [0, 0.05) is 18.7 Å². The number of carbonyl (C=O) groups is 2. The Kier molecular flexibility index (Phi) is 7.01. The Labute approximate surface area is 148 Å². The largest absolute Gasteiger partial charge is 0.494 e. The van der Waals surface area contributed by atoms with Crippen LogP contribution in [0.25, 0.3) is 0 Å². The van der Waals surface area contributed by atoms with E-state index in [1.54, 1.807) is 29.2 Å². The molecule has 2 amide bonds. The van der Waals surface area contributed by atoms with Crippen molar-refractivity contribution in [2.75, 3.05) is 19.7 Å². The minimum Gasteiger partial charge on any atom is -0.494 e. The topological polar surface area (TPSA) is 58.6 Å². The van der Waals surface area contributed by atoms with Crippen molar-refractivity contribution in [3.8, 4) is 5.75 Å². The van der Waals surface area contributed by atoms with Crippen molar-refractivity contribution in [3.63, 3.8) is 0 Å². The number of carbonyl (C=O) groups excluding carboxylic acids is 2. The van der Waals surface area contributed by atoms with Crippen LogP contribution in [0.4, 0.5) is 0 Å². The van der Waals surface area contributed by atoms with E-state index in [0.717, 1.165) is 11.3 Å². The van der Waals surface area contributed by atoms with Crippen molar-refractivity contribution < 1.29 is 14.3 Å². The Morgan fingerprint density at radius 3 is 2.28 bits per heavy atom. The number of ether oxygens (including phenoxy) is 1. The summed E-state index contributed by atoms with van der Waals surface area (Å²) in [6.07, 6.45) is 0. The zero-order valence-electron chi connectivity index (χ0n) is 14.7. The maximum absolute atomic E-state index is 12.3. The lowest BCUT2D eigenvalue weighted by Crippen LogP contribution is -2.39. The average molecular weight is 340 g/mol. The van der Waals surface area contributed by atoms with Crippen LogP contribution in [0, 0.1) is 0 Å². The number of likely N-dealkylation sites (N-methyl/N-ethyl adjacent to an activating group) is 1. The van der Waals surface area contributed by atoms with Crippen molar-refractivity contribution in [2.45, 2.75) is 20.4 Å². The van der Waals surface area contributed by atoms with E-state index in [9.17, 15) is 9.59 Å². The monoisotopic (exact) mass is 340 g/mol. The van der Waals surface area contributed by atoms with Gasteiger partial charge < -0.3 is 15.0 Å². The minimum atomic E-state index is -0.271. The Balaban J connectivity index is 1.87. The van der Waals surface area contributed by atoms with Gasteiger partial charge in [-0.2, -0.15) is 0 Å². The molecule has 0 unspecified atom stereocenters. The highest BCUT2D eigenvalue weighted by atomic mass is 16.5. The lowest BCUT2D eigenvalue weighted by atomic mass is 10.2. The van der Waals surface area contributed by atoms with E-state index >= 15 is 0 Å². The summed E-state index contributed by atoms with van der Waals surface area (Å²) in [5, 5.41) is 2.68. The number of hydrogen-bond donors (Lipinski definition) is 1. The van der Waals surface area contributed by atoms with E-state index in [1.807, 2.05) is 44.2 Å². The van der Waals surface area contributed by atoms with E-state index in [-0.39, 0.29) is 18.4 Å². The second-order valence-corrected chi connectivity index (χ2v) is 5.53. The van der Waals surface area contributed by atoms with Gasteiger partial charge in [0.05, 0.1) is 13.2 Å². The molecule has 0 aliphatic heterocycles. The van der Waals surface area contributed by atoms with Gasteiger partial charge in [-0.3, -0.25) is 9.59 Å². The molecule has 5 heteroatoms. The highest BCUT2D eigenvalue weighted by Crippen LogP contribution is 2.12. The van der Waals surface area contributed by atoms with Gasteiger partial charge in [0.25, 0.3) is 5.91 Å². The molecule has 0 fully saturated rings. The number of benzene rings is 2. The van der Waals surface area contributed by atoms with Crippen LogP contribution in [0.3, 0.4) is 0 Å². The van der Waals surface area contributed by atoms with E-state index in [0.29, 0.717) is 25.3 Å². The molecule has 2 aromatic rings. The first-order chi connectivity index (χ1) is 12.1. The molecule has 0 aliphatic carbocycles. The quantitative estimate of drug-likeness (QED) is 0.804. The lowest BCUT2D eigenvalue weighted by molar-refractivity contribution is -0.130. The standard InChI is InChI=1S/C20H24N2O3/c1-3-22(15-16-8-6-5-7-9-16)19(23)14-21-20(24)17-10-12-18(13-11-17)25-4-2/h5-13H,3-4,14-15H2,1-2H3,(H,21,24). The van der Waals surface area contributed by atoms with Crippen LogP contribution in [0.5, 0.6) is 5.75 Å². The first kappa shape index (κ1) is 18.5. The molecule has 2 rings (SSSR count). The summed E-state index contributed by atoms with van der Waals surface area (Å²) >= 11 is 0. The number of hydrogen-bond acceptors (Lipinski definition) is 3. The molecule has 0 atom stereocenters. The first-order valence-corrected chi connectivity index (χ1v) is 8.46. The number of nitrogens with one attached hydrogen (secondary N) is 1. The molecular formula is C20H24N2O3. The summed E-state index contributed by atoms with van der Waals surface area (Å²) in [7, 11) is 0. The lowest BCUT2D eigenvalue weighted by Gasteiger charge is -2.21. The highest BCUT2D eigenvalue weighted by Gasteiger charge is 2.14. The van der Waals surface area contributed by atoms with E-state index < -0.39 is 0 Å². The summed E-state index contributed by atoms with van der Waals surface area (Å²) in [6, 6.07) is 16.7. The van der Waals surface area contributed by atoms with E-state index in [2.05, 4.69) is 5.32 Å². The number of nitrogens with zero attached hydrogens (tertiary/aromatic N) is 1. The third kappa shape index (κ3) is 5.64. The fraction of sp³-hybridized carbons (Fsp3) is 0.300. The Morgan fingerprint density at radius 2 is 1.68 bits per heavy atom. The molecule has 1 N–H and O–H groups in total. The van der Waals surface area contributed by atoms with Gasteiger partial charge in [-0.05, 0) is 43.7 Å². The average Bonchev–Trinajstić information content (AvgIpc) is 2.65. The van der Waals surface area contributed by atoms with Crippen molar-refractivity contribution in [1.29, 1.82) is 0 Å². The number of rotatable bonds is 8. The van der Waals surface area contributed by atoms with Crippen molar-refractivity contribution in [3.05, 3.63) is 65.7 Å². The first-order valence-electron chi connectivity index (χ1n) is 8.46. The van der Waals surface area contributed by atoms with Gasteiger partial charge in [0.1, 0.15) is 5.75 Å². The van der Waals surface area contributed by atoms with Gasteiger partial charge >= 0.3 is 0 Å². The Bertz CT molecular complexity index is 684. The van der Waals surface area contributed by atoms with Crippen LogP contribution in [0.1, 0.15) is 29.8 Å². The van der Waals surface area contributed by atoms with Crippen molar-refractivity contribution >= 4 is 11.8 Å². The summed E-state index contributed by atoms with van der Waals surface area (Å²) in [5.41, 5.74) is 1.57. The van der Waals surface area contributed by atoms with E-state index in [1.165, 1.54) is 0 Å². The van der Waals surface area contributed by atoms with Crippen molar-refractivity contribution in [2.24, 2.45) is 0 Å². The maximum atomic E-state index is 12.3. The van der Waals surface area contributed by atoms with Crippen LogP contribution < -0.4 is 10.1 Å². The van der Waals surface area contributed by atoms with Gasteiger partial charge in [-0.15, -0.1) is 0 Å². The molecule has 0 saturated carbocycles. The zero-order chi connectivity index (χ0) is 18.1. The van der Waals surface area contributed by atoms with Gasteiger partial charge in [-0.25, -0.2) is 0 Å². The third-order valence-corrected chi connectivity index (χ3v) is 3.78. The molecule has 0 saturated heterocycles. The third-order valence-electron chi connectivity index (χ3n) is 3.78. The predicted molar refractivity (Wildman–Crippen MR) is 97.5 cm³/mol. The summed E-state index contributed by atoms with van der Waals surface area (Å²) in [4.78, 5) is 26.2. The summed E-state index contributed by atoms with van der Waals surface area (Å²) in [6.45, 7) is 5.51. The molecule has 5 nitrogen and oxygen atoms in total. The smallest absolute Gasteiger partial charge is 0.251 e. The molecular weight excluding hydrogens is 316 g/mol. The highest BCUT2D eigenvalue weighted by molar-refractivity contribution is 5.96. The zero-order valence-corrected chi connectivity index (χ0v) is 14.7. The van der Waals surface area contributed by atoms with E-state index in [4.69, 9.17) is 4.74 Å². The van der Waals surface area contributed by atoms with Crippen LogP contribution >= 0.6 is 0 Å². The molecule has 25 heavy (non-hydrogen) atoms. The molecule has 132 valence electrons. The second kappa shape index (κ2) is 9.47. The summed E-state index contributed by atoms with van der Waals surface area (Å²) in [5.74, 6) is 0.341. The fourth-order valence-corrected chi connectivity index (χ4v) is 2.42. The molecule has 0 radical (unpaired) electrons. The molecule has 0 aromatic heterocycles. The predicted octanol–water partition coefficient (Wildman–Crippen LogP) is 2.86. The van der Waals surface area contributed by atoms with Crippen LogP contribution in [0.15, 0.2) is 54.6 Å². The maximum Gasteiger partial charge on any atom is 0.251 e. The number of amides is 2. The SMILES string of the molecule is CCOc1ccc(C(=O)NCC(=O)N(CC)Cc2ccccc2)cc1. The van der Waals surface area contributed by atoms with Gasteiger partial charge in [0.2, 0.25) is 5.91 Å². The summed E-state index contributed by atoms with van der Waals surface area (Å²) < 4.78 is 5.35. The molecule has 0 spiro atoms. The van der Waals surface area contributed by atoms with Crippen molar-refractivity contribution in [1.82, 2.24) is 10.2 Å². The second-order valence-electron chi connectivity index (χ2n) is 5.53. The minimum absolute atomic E-state index is 0.0211. The normalized spacial score (nSPS) is 10.2.